The Morgan fingerprint density at radius 2 is 1.50 bits per heavy atom. The number of hydrogen-bond acceptors (Lipinski definition) is 6. The second-order valence-corrected chi connectivity index (χ2v) is 8.35. The van der Waals surface area contributed by atoms with Gasteiger partial charge in [-0.1, -0.05) is 0 Å². The molecule has 0 N–H and O–H groups in total. The van der Waals surface area contributed by atoms with Gasteiger partial charge in [0, 0.05) is 32.3 Å². The first-order valence-corrected chi connectivity index (χ1v) is 10.4. The van der Waals surface area contributed by atoms with Gasteiger partial charge < -0.3 is 27.5 Å². The fourth-order valence-electron chi connectivity index (χ4n) is 2.51. The monoisotopic (exact) mass is 334 g/mol. The molecule has 0 bridgehead atoms. The van der Waals surface area contributed by atoms with Crippen molar-refractivity contribution in [3.63, 3.8) is 0 Å². The predicted octanol–water partition coefficient (Wildman–Crippen LogP) is 2.00. The standard InChI is InChI=1S/C15H30O6Si/c1-4-19-22(20-5-2,21-6-3)8-7-13(9-14-10-17-14)16-11-15-12-18-15/h13-15H,4-12H2,1-3H3. The molecule has 2 aliphatic heterocycles. The van der Waals surface area contributed by atoms with Crippen LogP contribution in [0.15, 0.2) is 0 Å². The molecule has 0 radical (unpaired) electrons. The lowest BCUT2D eigenvalue weighted by Gasteiger charge is -2.29. The first-order valence-electron chi connectivity index (χ1n) is 8.48. The maximum absolute atomic E-state index is 6.00. The third-order valence-corrected chi connectivity index (χ3v) is 6.80. The van der Waals surface area contributed by atoms with Gasteiger partial charge in [-0.25, -0.2) is 0 Å². The fourth-order valence-corrected chi connectivity index (χ4v) is 5.19. The molecule has 0 aromatic heterocycles. The first-order chi connectivity index (χ1) is 10.7. The zero-order valence-electron chi connectivity index (χ0n) is 14.0. The molecule has 7 heteroatoms. The van der Waals surface area contributed by atoms with E-state index in [1.165, 1.54) is 0 Å². The third-order valence-electron chi connectivity index (χ3n) is 3.71. The molecule has 2 fully saturated rings. The van der Waals surface area contributed by atoms with E-state index in [1.54, 1.807) is 0 Å². The summed E-state index contributed by atoms with van der Waals surface area (Å²) in [5, 5.41) is 0. The molecule has 3 atom stereocenters. The molecular formula is C15H30O6Si. The highest BCUT2D eigenvalue weighted by Gasteiger charge is 2.41. The van der Waals surface area contributed by atoms with Crippen LogP contribution in [0.25, 0.3) is 0 Å². The quantitative estimate of drug-likeness (QED) is 0.358. The summed E-state index contributed by atoms with van der Waals surface area (Å²) in [5.74, 6) is 0. The lowest BCUT2D eigenvalue weighted by atomic mass is 10.1. The van der Waals surface area contributed by atoms with E-state index in [9.17, 15) is 0 Å². The first kappa shape index (κ1) is 18.3. The van der Waals surface area contributed by atoms with Crippen molar-refractivity contribution in [2.45, 2.75) is 58.0 Å². The molecule has 2 aliphatic rings. The maximum atomic E-state index is 6.00. The minimum atomic E-state index is -2.58. The van der Waals surface area contributed by atoms with E-state index in [4.69, 9.17) is 27.5 Å². The van der Waals surface area contributed by atoms with Crippen LogP contribution in [0.2, 0.25) is 6.04 Å². The van der Waals surface area contributed by atoms with Crippen LogP contribution < -0.4 is 0 Å². The van der Waals surface area contributed by atoms with Crippen molar-refractivity contribution >= 4 is 8.80 Å². The Balaban J connectivity index is 1.83. The number of epoxide rings is 2. The second-order valence-electron chi connectivity index (χ2n) is 5.62. The third kappa shape index (κ3) is 6.62. The van der Waals surface area contributed by atoms with Crippen molar-refractivity contribution in [1.82, 2.24) is 0 Å². The Hall–Kier alpha value is -0.0231. The average Bonchev–Trinajstić information content (AvgIpc) is 3.37. The molecular weight excluding hydrogens is 304 g/mol. The summed E-state index contributed by atoms with van der Waals surface area (Å²) in [6.45, 7) is 10.1. The van der Waals surface area contributed by atoms with Crippen LogP contribution in [0, 0.1) is 0 Å². The normalized spacial score (nSPS) is 25.2. The van der Waals surface area contributed by atoms with Crippen molar-refractivity contribution in [3.05, 3.63) is 0 Å². The molecule has 0 aromatic rings. The van der Waals surface area contributed by atoms with E-state index < -0.39 is 8.80 Å². The van der Waals surface area contributed by atoms with Gasteiger partial charge in [-0.3, -0.25) is 0 Å². The highest BCUT2D eigenvalue weighted by atomic mass is 28.4. The van der Waals surface area contributed by atoms with E-state index in [1.807, 2.05) is 20.8 Å². The summed E-state index contributed by atoms with van der Waals surface area (Å²) in [6, 6.07) is 0.783. The van der Waals surface area contributed by atoms with Crippen LogP contribution >= 0.6 is 0 Å². The molecule has 2 rings (SSSR count). The van der Waals surface area contributed by atoms with Gasteiger partial charge in [0.2, 0.25) is 0 Å². The molecule has 0 spiro atoms. The van der Waals surface area contributed by atoms with Crippen molar-refractivity contribution in [1.29, 1.82) is 0 Å². The van der Waals surface area contributed by atoms with Gasteiger partial charge in [0.25, 0.3) is 0 Å². The molecule has 3 unspecified atom stereocenters. The van der Waals surface area contributed by atoms with Gasteiger partial charge in [-0.2, -0.15) is 0 Å². The minimum absolute atomic E-state index is 0.157. The molecule has 2 heterocycles. The van der Waals surface area contributed by atoms with Gasteiger partial charge in [0.1, 0.15) is 6.10 Å². The average molecular weight is 334 g/mol. The summed E-state index contributed by atoms with van der Waals surface area (Å²) < 4.78 is 34.3. The van der Waals surface area contributed by atoms with Crippen LogP contribution in [0.1, 0.15) is 33.6 Å². The summed E-state index contributed by atoms with van der Waals surface area (Å²) in [5.41, 5.74) is 0. The Morgan fingerprint density at radius 1 is 0.955 bits per heavy atom. The van der Waals surface area contributed by atoms with E-state index in [-0.39, 0.29) is 12.2 Å². The fraction of sp³-hybridized carbons (Fsp3) is 1.00. The zero-order chi connectivity index (χ0) is 15.8. The topological polar surface area (TPSA) is 62.0 Å². The van der Waals surface area contributed by atoms with Crippen molar-refractivity contribution < 1.29 is 27.5 Å². The Bertz CT molecular complexity index is 291. The summed E-state index contributed by atoms with van der Waals surface area (Å²) in [4.78, 5) is 0. The number of hydrogen-bond donors (Lipinski definition) is 0. The highest BCUT2D eigenvalue weighted by molar-refractivity contribution is 6.60. The van der Waals surface area contributed by atoms with Crippen LogP contribution in [0.5, 0.6) is 0 Å². The molecule has 130 valence electrons. The Labute approximate surface area is 134 Å². The van der Waals surface area contributed by atoms with Crippen molar-refractivity contribution in [2.75, 3.05) is 39.6 Å². The predicted molar refractivity (Wildman–Crippen MR) is 83.9 cm³/mol. The van der Waals surface area contributed by atoms with E-state index in [0.717, 1.165) is 32.1 Å². The van der Waals surface area contributed by atoms with Crippen LogP contribution in [0.4, 0.5) is 0 Å². The summed E-state index contributed by atoms with van der Waals surface area (Å²) >= 11 is 0. The van der Waals surface area contributed by atoms with E-state index in [2.05, 4.69) is 0 Å². The summed E-state index contributed by atoms with van der Waals surface area (Å²) in [7, 11) is -2.58. The lowest BCUT2D eigenvalue weighted by Crippen LogP contribution is -2.46. The minimum Gasteiger partial charge on any atom is -0.375 e. The van der Waals surface area contributed by atoms with Gasteiger partial charge in [-0.15, -0.1) is 0 Å². The smallest absolute Gasteiger partial charge is 0.375 e. The van der Waals surface area contributed by atoms with Gasteiger partial charge in [0.15, 0.2) is 0 Å². The zero-order valence-corrected chi connectivity index (χ0v) is 15.0. The molecule has 0 aliphatic carbocycles. The highest BCUT2D eigenvalue weighted by Crippen LogP contribution is 2.26. The Kier molecular flexibility index (Phi) is 7.76. The molecule has 22 heavy (non-hydrogen) atoms. The Morgan fingerprint density at radius 3 is 1.95 bits per heavy atom. The van der Waals surface area contributed by atoms with Crippen LogP contribution in [0.3, 0.4) is 0 Å². The number of rotatable bonds is 14. The number of ether oxygens (including phenoxy) is 3. The molecule has 0 aromatic carbocycles. The largest absolute Gasteiger partial charge is 0.501 e. The van der Waals surface area contributed by atoms with Crippen LogP contribution in [-0.4, -0.2) is 66.8 Å². The van der Waals surface area contributed by atoms with Gasteiger partial charge in [-0.05, 0) is 27.2 Å². The van der Waals surface area contributed by atoms with Crippen molar-refractivity contribution in [3.8, 4) is 0 Å². The van der Waals surface area contributed by atoms with Gasteiger partial charge >= 0.3 is 8.80 Å². The van der Waals surface area contributed by atoms with E-state index in [0.29, 0.717) is 32.5 Å². The maximum Gasteiger partial charge on any atom is 0.501 e. The molecule has 6 nitrogen and oxygen atoms in total. The van der Waals surface area contributed by atoms with Crippen molar-refractivity contribution in [2.24, 2.45) is 0 Å². The summed E-state index contributed by atoms with van der Waals surface area (Å²) in [6.07, 6.45) is 2.60. The lowest BCUT2D eigenvalue weighted by molar-refractivity contribution is 0.0215. The van der Waals surface area contributed by atoms with Gasteiger partial charge in [0.05, 0.1) is 32.0 Å². The van der Waals surface area contributed by atoms with Crippen LogP contribution in [-0.2, 0) is 27.5 Å². The molecule has 2 saturated heterocycles. The molecule has 0 saturated carbocycles. The second kappa shape index (κ2) is 9.32. The SMILES string of the molecule is CCO[Si](CCC(CC1CO1)OCC1CO1)(OCC)OCC. The van der Waals surface area contributed by atoms with E-state index >= 15 is 0 Å². The molecule has 0 amide bonds.